The molecule has 0 amide bonds. The Morgan fingerprint density at radius 1 is 1.00 bits per heavy atom. The van der Waals surface area contributed by atoms with Gasteiger partial charge in [-0.15, -0.1) is 0 Å². The number of aromatic nitrogens is 2. The summed E-state index contributed by atoms with van der Waals surface area (Å²) >= 11 is 3.53. The van der Waals surface area contributed by atoms with Gasteiger partial charge in [-0.25, -0.2) is 4.98 Å². The molecule has 3 N–H and O–H groups in total. The molecular formula is C20H21BrN4O. The number of aryl methyl sites for hydroxylation is 2. The Morgan fingerprint density at radius 2 is 1.69 bits per heavy atom. The number of hydrogen-bond donors (Lipinski definition) is 3. The van der Waals surface area contributed by atoms with Gasteiger partial charge in [-0.05, 0) is 37.1 Å². The Balaban J connectivity index is 2.01. The van der Waals surface area contributed by atoms with E-state index in [4.69, 9.17) is 5.11 Å². The minimum Gasteiger partial charge on any atom is -0.395 e. The normalized spacial score (nSPS) is 10.6. The summed E-state index contributed by atoms with van der Waals surface area (Å²) in [6.07, 6.45) is 0. The standard InChI is InChI=1S/C20H21BrN4O/c1-13-10-16(21)11-14(2)19(13)24-18-12-17(15-6-4-3-5-7-15)23-20(25-18)22-8-9-26/h3-7,10-12,26H,8-9H2,1-2H3,(H2,22,23,24,25). The van der Waals surface area contributed by atoms with Gasteiger partial charge in [-0.2, -0.15) is 4.98 Å². The highest BCUT2D eigenvalue weighted by Crippen LogP contribution is 2.29. The van der Waals surface area contributed by atoms with Gasteiger partial charge >= 0.3 is 0 Å². The number of halogens is 1. The van der Waals surface area contributed by atoms with Crippen molar-refractivity contribution in [1.29, 1.82) is 0 Å². The molecule has 1 heterocycles. The van der Waals surface area contributed by atoms with Crippen LogP contribution in [0.3, 0.4) is 0 Å². The molecule has 26 heavy (non-hydrogen) atoms. The summed E-state index contributed by atoms with van der Waals surface area (Å²) in [5, 5.41) is 15.5. The summed E-state index contributed by atoms with van der Waals surface area (Å²) in [6, 6.07) is 16.0. The van der Waals surface area contributed by atoms with Crippen molar-refractivity contribution in [3.8, 4) is 11.3 Å². The van der Waals surface area contributed by atoms with Crippen LogP contribution >= 0.6 is 15.9 Å². The van der Waals surface area contributed by atoms with E-state index in [0.717, 1.165) is 32.5 Å². The molecule has 0 aliphatic heterocycles. The van der Waals surface area contributed by atoms with Crippen molar-refractivity contribution in [2.75, 3.05) is 23.8 Å². The number of hydrogen-bond acceptors (Lipinski definition) is 5. The maximum Gasteiger partial charge on any atom is 0.225 e. The van der Waals surface area contributed by atoms with Gasteiger partial charge < -0.3 is 15.7 Å². The molecule has 3 aromatic rings. The minimum atomic E-state index is 0.0205. The molecule has 0 saturated carbocycles. The molecule has 0 atom stereocenters. The number of rotatable bonds is 6. The molecule has 1 aromatic heterocycles. The third-order valence-electron chi connectivity index (χ3n) is 3.94. The van der Waals surface area contributed by atoms with Crippen LogP contribution in [-0.4, -0.2) is 28.2 Å². The summed E-state index contributed by atoms with van der Waals surface area (Å²) in [4.78, 5) is 9.10. The van der Waals surface area contributed by atoms with E-state index in [9.17, 15) is 0 Å². The Morgan fingerprint density at radius 3 is 2.35 bits per heavy atom. The van der Waals surface area contributed by atoms with Crippen LogP contribution in [0.5, 0.6) is 0 Å². The smallest absolute Gasteiger partial charge is 0.225 e. The van der Waals surface area contributed by atoms with E-state index in [1.165, 1.54) is 0 Å². The molecular weight excluding hydrogens is 392 g/mol. The molecule has 0 saturated heterocycles. The molecule has 0 spiro atoms. The Bertz CT molecular complexity index is 877. The summed E-state index contributed by atoms with van der Waals surface area (Å²) in [5.41, 5.74) is 5.10. The number of benzene rings is 2. The lowest BCUT2D eigenvalue weighted by Crippen LogP contribution is -2.10. The third kappa shape index (κ3) is 4.39. The third-order valence-corrected chi connectivity index (χ3v) is 4.40. The van der Waals surface area contributed by atoms with Gasteiger partial charge in [0.2, 0.25) is 5.95 Å². The monoisotopic (exact) mass is 412 g/mol. The van der Waals surface area contributed by atoms with Gasteiger partial charge in [-0.3, -0.25) is 0 Å². The lowest BCUT2D eigenvalue weighted by atomic mass is 10.1. The van der Waals surface area contributed by atoms with Crippen LogP contribution in [0.25, 0.3) is 11.3 Å². The van der Waals surface area contributed by atoms with Gasteiger partial charge in [0.15, 0.2) is 0 Å². The second-order valence-electron chi connectivity index (χ2n) is 6.02. The molecule has 0 unspecified atom stereocenters. The van der Waals surface area contributed by atoms with Crippen molar-refractivity contribution in [2.45, 2.75) is 13.8 Å². The van der Waals surface area contributed by atoms with Crippen molar-refractivity contribution in [1.82, 2.24) is 9.97 Å². The first-order valence-corrected chi connectivity index (χ1v) is 9.19. The van der Waals surface area contributed by atoms with E-state index in [1.807, 2.05) is 36.4 Å². The van der Waals surface area contributed by atoms with Crippen LogP contribution in [0.1, 0.15) is 11.1 Å². The fourth-order valence-electron chi connectivity index (χ4n) is 2.75. The topological polar surface area (TPSA) is 70.1 Å². The van der Waals surface area contributed by atoms with Crippen LogP contribution in [-0.2, 0) is 0 Å². The zero-order valence-corrected chi connectivity index (χ0v) is 16.3. The first-order valence-electron chi connectivity index (χ1n) is 8.40. The first kappa shape index (κ1) is 18.4. The number of aliphatic hydroxyl groups is 1. The maximum absolute atomic E-state index is 9.08. The highest BCUT2D eigenvalue weighted by molar-refractivity contribution is 9.10. The number of nitrogens with one attached hydrogen (secondary N) is 2. The van der Waals surface area contributed by atoms with Crippen LogP contribution < -0.4 is 10.6 Å². The summed E-state index contributed by atoms with van der Waals surface area (Å²) in [5.74, 6) is 1.18. The van der Waals surface area contributed by atoms with Crippen molar-refractivity contribution in [3.05, 3.63) is 64.1 Å². The highest BCUT2D eigenvalue weighted by atomic mass is 79.9. The average Bonchev–Trinajstić information content (AvgIpc) is 2.63. The SMILES string of the molecule is Cc1cc(Br)cc(C)c1Nc1cc(-c2ccccc2)nc(NCCO)n1. The summed E-state index contributed by atoms with van der Waals surface area (Å²) < 4.78 is 1.05. The van der Waals surface area contributed by atoms with Crippen LogP contribution in [0.15, 0.2) is 53.0 Å². The van der Waals surface area contributed by atoms with Crippen molar-refractivity contribution in [3.63, 3.8) is 0 Å². The largest absolute Gasteiger partial charge is 0.395 e. The first-order chi connectivity index (χ1) is 12.6. The number of anilines is 3. The van der Waals surface area contributed by atoms with Gasteiger partial charge in [-0.1, -0.05) is 46.3 Å². The minimum absolute atomic E-state index is 0.0205. The van der Waals surface area contributed by atoms with E-state index in [1.54, 1.807) is 0 Å². The van der Waals surface area contributed by atoms with Crippen LogP contribution in [0.4, 0.5) is 17.5 Å². The van der Waals surface area contributed by atoms with E-state index < -0.39 is 0 Å². The fraction of sp³-hybridized carbons (Fsp3) is 0.200. The molecule has 0 aliphatic carbocycles. The summed E-state index contributed by atoms with van der Waals surface area (Å²) in [6.45, 7) is 4.54. The zero-order valence-electron chi connectivity index (χ0n) is 14.8. The van der Waals surface area contributed by atoms with Gasteiger partial charge in [0, 0.05) is 28.3 Å². The molecule has 134 valence electrons. The maximum atomic E-state index is 9.08. The second-order valence-corrected chi connectivity index (χ2v) is 6.93. The number of aliphatic hydroxyl groups excluding tert-OH is 1. The van der Waals surface area contributed by atoms with Gasteiger partial charge in [0.25, 0.3) is 0 Å². The predicted molar refractivity (Wildman–Crippen MR) is 110 cm³/mol. The van der Waals surface area contributed by atoms with Crippen molar-refractivity contribution >= 4 is 33.4 Å². The zero-order chi connectivity index (χ0) is 18.5. The molecule has 5 nitrogen and oxygen atoms in total. The van der Waals surface area contributed by atoms with E-state index in [0.29, 0.717) is 18.3 Å². The van der Waals surface area contributed by atoms with E-state index >= 15 is 0 Å². The molecule has 0 aliphatic rings. The van der Waals surface area contributed by atoms with E-state index in [-0.39, 0.29) is 6.61 Å². The van der Waals surface area contributed by atoms with E-state index in [2.05, 4.69) is 62.5 Å². The van der Waals surface area contributed by atoms with Gasteiger partial charge in [0.05, 0.1) is 12.3 Å². The van der Waals surface area contributed by atoms with Crippen molar-refractivity contribution in [2.24, 2.45) is 0 Å². The molecule has 3 rings (SSSR count). The fourth-order valence-corrected chi connectivity index (χ4v) is 3.44. The molecule has 0 fully saturated rings. The summed E-state index contributed by atoms with van der Waals surface area (Å²) in [7, 11) is 0. The Labute approximate surface area is 161 Å². The quantitative estimate of drug-likeness (QED) is 0.548. The molecule has 2 aromatic carbocycles. The highest BCUT2D eigenvalue weighted by Gasteiger charge is 2.10. The molecule has 6 heteroatoms. The van der Waals surface area contributed by atoms with Crippen LogP contribution in [0.2, 0.25) is 0 Å². The van der Waals surface area contributed by atoms with Gasteiger partial charge in [0.1, 0.15) is 5.82 Å². The lowest BCUT2D eigenvalue weighted by Gasteiger charge is -2.15. The molecule has 0 radical (unpaired) electrons. The lowest BCUT2D eigenvalue weighted by molar-refractivity contribution is 0.311. The Kier molecular flexibility index (Phi) is 5.85. The predicted octanol–water partition coefficient (Wildman–Crippen LogP) is 4.67. The van der Waals surface area contributed by atoms with Crippen molar-refractivity contribution < 1.29 is 5.11 Å². The Hall–Kier alpha value is -2.44. The molecule has 0 bridgehead atoms. The van der Waals surface area contributed by atoms with Crippen LogP contribution in [0, 0.1) is 13.8 Å². The average molecular weight is 413 g/mol. The number of nitrogens with zero attached hydrogens (tertiary/aromatic N) is 2. The second kappa shape index (κ2) is 8.29.